The molecule has 0 radical (unpaired) electrons. The van der Waals surface area contributed by atoms with Crippen LogP contribution in [0.5, 0.6) is 11.5 Å². The largest absolute Gasteiger partial charge is 0.513 e. The molecule has 1 fully saturated rings. The molecule has 1 aliphatic heterocycles. The molecule has 34 heavy (non-hydrogen) atoms. The third-order valence-electron chi connectivity index (χ3n) is 5.91. The quantitative estimate of drug-likeness (QED) is 0.472. The lowest BCUT2D eigenvalue weighted by Gasteiger charge is -2.23. The lowest BCUT2D eigenvalue weighted by Crippen LogP contribution is -2.39. The molecular weight excluding hydrogens is 436 g/mol. The van der Waals surface area contributed by atoms with Gasteiger partial charge in [0.25, 0.3) is 11.8 Å². The van der Waals surface area contributed by atoms with Gasteiger partial charge in [-0.15, -0.1) is 0 Å². The van der Waals surface area contributed by atoms with Crippen molar-refractivity contribution in [2.45, 2.75) is 34.1 Å². The lowest BCUT2D eigenvalue weighted by atomic mass is 10.1. The summed E-state index contributed by atoms with van der Waals surface area (Å²) in [7, 11) is 0. The topological polar surface area (TPSA) is 85.4 Å². The average molecular weight is 469 g/mol. The summed E-state index contributed by atoms with van der Waals surface area (Å²) in [6, 6.07) is 10.4. The van der Waals surface area contributed by atoms with Gasteiger partial charge in [0.05, 0.1) is 6.61 Å². The molecule has 8 nitrogen and oxygen atoms in total. The Hall–Kier alpha value is -3.55. The first-order valence-corrected chi connectivity index (χ1v) is 11.5. The Balaban J connectivity index is 1.54. The first-order valence-electron chi connectivity index (χ1n) is 11.5. The van der Waals surface area contributed by atoms with Crippen LogP contribution < -0.4 is 9.47 Å². The van der Waals surface area contributed by atoms with Crippen LogP contribution in [0.1, 0.15) is 40.4 Å². The highest BCUT2D eigenvalue weighted by atomic mass is 16.7. The predicted molar refractivity (Wildman–Crippen MR) is 127 cm³/mol. The minimum Gasteiger partial charge on any atom is -0.483 e. The van der Waals surface area contributed by atoms with Gasteiger partial charge in [-0.25, -0.2) is 4.79 Å². The SMILES string of the molecule is CCOC(=O)Oc1ccc(C(=O)N2CCCN(C(=O)COc3c(C)ccc(C)c3C)CC2)cc1. The number of aryl methyl sites for hydroxylation is 2. The van der Waals surface area contributed by atoms with Gasteiger partial charge in [-0.05, 0) is 75.1 Å². The van der Waals surface area contributed by atoms with Crippen LogP contribution in [0.4, 0.5) is 4.79 Å². The molecule has 2 aromatic rings. The molecule has 0 aromatic heterocycles. The van der Waals surface area contributed by atoms with Gasteiger partial charge in [-0.3, -0.25) is 9.59 Å². The van der Waals surface area contributed by atoms with Crippen molar-refractivity contribution in [1.29, 1.82) is 0 Å². The summed E-state index contributed by atoms with van der Waals surface area (Å²) in [6.07, 6.45) is -0.0973. The van der Waals surface area contributed by atoms with Gasteiger partial charge < -0.3 is 24.0 Å². The smallest absolute Gasteiger partial charge is 0.483 e. The number of nitrogens with zero attached hydrogens (tertiary/aromatic N) is 2. The van der Waals surface area contributed by atoms with Gasteiger partial charge in [-0.1, -0.05) is 12.1 Å². The van der Waals surface area contributed by atoms with Crippen LogP contribution in [-0.2, 0) is 9.53 Å². The van der Waals surface area contributed by atoms with E-state index >= 15 is 0 Å². The number of rotatable bonds is 6. The molecule has 2 aromatic carbocycles. The molecule has 0 spiro atoms. The van der Waals surface area contributed by atoms with Crippen molar-refractivity contribution in [2.24, 2.45) is 0 Å². The number of ether oxygens (including phenoxy) is 3. The zero-order chi connectivity index (χ0) is 24.7. The maximum atomic E-state index is 12.9. The van der Waals surface area contributed by atoms with Gasteiger partial charge in [0.2, 0.25) is 0 Å². The van der Waals surface area contributed by atoms with Crippen molar-refractivity contribution in [3.63, 3.8) is 0 Å². The Morgan fingerprint density at radius 3 is 2.21 bits per heavy atom. The third-order valence-corrected chi connectivity index (χ3v) is 5.91. The Labute approximate surface area is 200 Å². The van der Waals surface area contributed by atoms with E-state index in [1.165, 1.54) is 0 Å². The van der Waals surface area contributed by atoms with Crippen LogP contribution in [0.25, 0.3) is 0 Å². The van der Waals surface area contributed by atoms with E-state index in [2.05, 4.69) is 0 Å². The highest BCUT2D eigenvalue weighted by Crippen LogP contribution is 2.25. The normalized spacial score (nSPS) is 13.8. The summed E-state index contributed by atoms with van der Waals surface area (Å²) in [5.74, 6) is 0.853. The number of benzene rings is 2. The predicted octanol–water partition coefficient (Wildman–Crippen LogP) is 3.90. The standard InChI is InChI=1S/C26H32N2O6/c1-5-32-26(31)34-22-11-9-21(10-12-22)25(30)28-14-6-13-27(15-16-28)23(29)17-33-24-19(3)8-7-18(2)20(24)4/h7-12H,5-6,13-17H2,1-4H3. The molecule has 0 unspecified atom stereocenters. The van der Waals surface area contributed by atoms with Crippen molar-refractivity contribution in [3.05, 3.63) is 58.7 Å². The Bertz CT molecular complexity index is 1030. The van der Waals surface area contributed by atoms with E-state index in [4.69, 9.17) is 14.2 Å². The van der Waals surface area contributed by atoms with Crippen molar-refractivity contribution >= 4 is 18.0 Å². The van der Waals surface area contributed by atoms with E-state index in [9.17, 15) is 14.4 Å². The molecule has 0 atom stereocenters. The van der Waals surface area contributed by atoms with Crippen LogP contribution in [-0.4, -0.2) is 67.2 Å². The summed E-state index contributed by atoms with van der Waals surface area (Å²) in [5, 5.41) is 0. The van der Waals surface area contributed by atoms with Crippen molar-refractivity contribution in [1.82, 2.24) is 9.80 Å². The van der Waals surface area contributed by atoms with E-state index in [0.29, 0.717) is 43.9 Å². The number of hydrogen-bond acceptors (Lipinski definition) is 6. The lowest BCUT2D eigenvalue weighted by molar-refractivity contribution is -0.133. The van der Waals surface area contributed by atoms with E-state index in [-0.39, 0.29) is 25.0 Å². The van der Waals surface area contributed by atoms with Crippen LogP contribution in [0.2, 0.25) is 0 Å². The zero-order valence-corrected chi connectivity index (χ0v) is 20.3. The second kappa shape index (κ2) is 11.5. The minimum absolute atomic E-state index is 0.0268. The highest BCUT2D eigenvalue weighted by Gasteiger charge is 2.23. The van der Waals surface area contributed by atoms with Gasteiger partial charge in [0.1, 0.15) is 11.5 Å². The zero-order valence-electron chi connectivity index (χ0n) is 20.3. The van der Waals surface area contributed by atoms with Crippen LogP contribution in [0.3, 0.4) is 0 Å². The Kier molecular flexibility index (Phi) is 8.51. The maximum Gasteiger partial charge on any atom is 0.513 e. The number of carbonyl (C=O) groups is 3. The number of hydrogen-bond donors (Lipinski definition) is 0. The molecule has 8 heteroatoms. The van der Waals surface area contributed by atoms with Crippen LogP contribution >= 0.6 is 0 Å². The summed E-state index contributed by atoms with van der Waals surface area (Å²) in [6.45, 7) is 9.89. The van der Waals surface area contributed by atoms with E-state index in [1.807, 2.05) is 32.9 Å². The summed E-state index contributed by atoms with van der Waals surface area (Å²) >= 11 is 0. The van der Waals surface area contributed by atoms with Gasteiger partial charge >= 0.3 is 6.16 Å². The highest BCUT2D eigenvalue weighted by molar-refractivity contribution is 5.94. The van der Waals surface area contributed by atoms with Crippen molar-refractivity contribution in [3.8, 4) is 11.5 Å². The molecule has 1 saturated heterocycles. The fourth-order valence-corrected chi connectivity index (χ4v) is 3.83. The fourth-order valence-electron chi connectivity index (χ4n) is 3.83. The van der Waals surface area contributed by atoms with Crippen molar-refractivity contribution in [2.75, 3.05) is 39.4 Å². The van der Waals surface area contributed by atoms with Crippen molar-refractivity contribution < 1.29 is 28.6 Å². The molecule has 0 bridgehead atoms. The first kappa shape index (κ1) is 25.1. The molecule has 0 saturated carbocycles. The minimum atomic E-state index is -0.782. The van der Waals surface area contributed by atoms with Gasteiger partial charge in [0.15, 0.2) is 6.61 Å². The van der Waals surface area contributed by atoms with E-state index in [0.717, 1.165) is 22.4 Å². The number of amides is 2. The molecule has 0 N–H and O–H groups in total. The molecule has 2 amide bonds. The maximum absolute atomic E-state index is 12.9. The summed E-state index contributed by atoms with van der Waals surface area (Å²) in [5.41, 5.74) is 3.66. The second-order valence-corrected chi connectivity index (χ2v) is 8.28. The Morgan fingerprint density at radius 1 is 0.853 bits per heavy atom. The molecule has 0 aliphatic carbocycles. The molecule has 1 heterocycles. The molecular formula is C26H32N2O6. The average Bonchev–Trinajstić information content (AvgIpc) is 3.08. The fraction of sp³-hybridized carbons (Fsp3) is 0.423. The summed E-state index contributed by atoms with van der Waals surface area (Å²) < 4.78 is 15.7. The van der Waals surface area contributed by atoms with Crippen LogP contribution in [0.15, 0.2) is 36.4 Å². The monoisotopic (exact) mass is 468 g/mol. The summed E-state index contributed by atoms with van der Waals surface area (Å²) in [4.78, 5) is 40.7. The van der Waals surface area contributed by atoms with E-state index in [1.54, 1.807) is 41.0 Å². The molecule has 3 rings (SSSR count). The van der Waals surface area contributed by atoms with E-state index < -0.39 is 6.16 Å². The first-order chi connectivity index (χ1) is 16.3. The molecule has 1 aliphatic rings. The Morgan fingerprint density at radius 2 is 1.50 bits per heavy atom. The van der Waals surface area contributed by atoms with Gasteiger partial charge in [0, 0.05) is 31.7 Å². The molecule has 182 valence electrons. The second-order valence-electron chi connectivity index (χ2n) is 8.28. The van der Waals surface area contributed by atoms with Crippen LogP contribution in [0, 0.1) is 20.8 Å². The van der Waals surface area contributed by atoms with Gasteiger partial charge in [-0.2, -0.15) is 0 Å². The number of carbonyl (C=O) groups excluding carboxylic acids is 3. The third kappa shape index (κ3) is 6.27.